The molecule has 5 nitrogen and oxygen atoms in total. The van der Waals surface area contributed by atoms with E-state index in [0.717, 1.165) is 0 Å². The number of rotatable bonds is 4. The van der Waals surface area contributed by atoms with Gasteiger partial charge >= 0.3 is 5.97 Å². The molecule has 0 bridgehead atoms. The van der Waals surface area contributed by atoms with Gasteiger partial charge in [0, 0.05) is 5.56 Å². The summed E-state index contributed by atoms with van der Waals surface area (Å²) < 4.78 is 14.7. The van der Waals surface area contributed by atoms with E-state index in [0.29, 0.717) is 17.1 Å². The third-order valence-corrected chi connectivity index (χ3v) is 2.26. The van der Waals surface area contributed by atoms with Gasteiger partial charge in [0.1, 0.15) is 23.1 Å². The Kier molecular flexibility index (Phi) is 4.76. The van der Waals surface area contributed by atoms with Crippen LogP contribution in [0.4, 0.5) is 0 Å². The molecular formula is C13H13NO4. The Morgan fingerprint density at radius 1 is 1.28 bits per heavy atom. The van der Waals surface area contributed by atoms with E-state index in [4.69, 9.17) is 14.7 Å². The van der Waals surface area contributed by atoms with Gasteiger partial charge in [0.05, 0.1) is 21.3 Å². The summed E-state index contributed by atoms with van der Waals surface area (Å²) >= 11 is 0. The van der Waals surface area contributed by atoms with Crippen molar-refractivity contribution >= 4 is 12.0 Å². The van der Waals surface area contributed by atoms with Crippen LogP contribution in [-0.4, -0.2) is 27.3 Å². The van der Waals surface area contributed by atoms with Crippen molar-refractivity contribution in [2.24, 2.45) is 0 Å². The number of benzene rings is 1. The number of esters is 1. The summed E-state index contributed by atoms with van der Waals surface area (Å²) in [6, 6.07) is 6.86. The van der Waals surface area contributed by atoms with E-state index in [1.165, 1.54) is 27.4 Å². The minimum atomic E-state index is -0.692. The molecule has 1 aromatic rings. The Hall–Kier alpha value is -2.48. The van der Waals surface area contributed by atoms with Crippen LogP contribution in [0.3, 0.4) is 0 Å². The lowest BCUT2D eigenvalue weighted by Crippen LogP contribution is -2.02. The molecule has 0 fully saturated rings. The summed E-state index contributed by atoms with van der Waals surface area (Å²) in [5, 5.41) is 8.89. The van der Waals surface area contributed by atoms with Crippen LogP contribution in [0.5, 0.6) is 11.5 Å². The monoisotopic (exact) mass is 247 g/mol. The lowest BCUT2D eigenvalue weighted by Gasteiger charge is -2.07. The molecular weight excluding hydrogens is 234 g/mol. The minimum absolute atomic E-state index is 0.107. The quantitative estimate of drug-likeness (QED) is 0.461. The highest BCUT2D eigenvalue weighted by Gasteiger charge is 2.11. The van der Waals surface area contributed by atoms with Crippen molar-refractivity contribution in [3.05, 3.63) is 29.3 Å². The van der Waals surface area contributed by atoms with Gasteiger partial charge < -0.3 is 14.2 Å². The van der Waals surface area contributed by atoms with Crippen LogP contribution in [-0.2, 0) is 9.53 Å². The van der Waals surface area contributed by atoms with Crippen LogP contribution < -0.4 is 9.47 Å². The van der Waals surface area contributed by atoms with Crippen LogP contribution >= 0.6 is 0 Å². The highest BCUT2D eigenvalue weighted by Crippen LogP contribution is 2.26. The van der Waals surface area contributed by atoms with Crippen molar-refractivity contribution < 1.29 is 19.0 Å². The predicted molar refractivity (Wildman–Crippen MR) is 65.2 cm³/mol. The molecule has 0 saturated carbocycles. The number of hydrogen-bond donors (Lipinski definition) is 0. The molecule has 0 amide bonds. The molecule has 1 rings (SSSR count). The summed E-state index contributed by atoms with van der Waals surface area (Å²) in [6.07, 6.45) is 1.40. The minimum Gasteiger partial charge on any atom is -0.497 e. The van der Waals surface area contributed by atoms with E-state index >= 15 is 0 Å². The zero-order chi connectivity index (χ0) is 13.5. The number of methoxy groups -OCH3 is 3. The second-order valence-electron chi connectivity index (χ2n) is 3.27. The van der Waals surface area contributed by atoms with Gasteiger partial charge in [-0.25, -0.2) is 4.79 Å². The Morgan fingerprint density at radius 3 is 2.50 bits per heavy atom. The molecule has 0 saturated heterocycles. The lowest BCUT2D eigenvalue weighted by atomic mass is 10.1. The Labute approximate surface area is 105 Å². The molecule has 0 unspecified atom stereocenters. The number of carbonyl (C=O) groups is 1. The number of nitrogens with zero attached hydrogens (tertiary/aromatic N) is 1. The maximum atomic E-state index is 11.3. The Morgan fingerprint density at radius 2 is 2.00 bits per heavy atom. The van der Waals surface area contributed by atoms with E-state index in [1.54, 1.807) is 24.3 Å². The fourth-order valence-electron chi connectivity index (χ4n) is 1.35. The van der Waals surface area contributed by atoms with Gasteiger partial charge in [-0.05, 0) is 24.3 Å². The van der Waals surface area contributed by atoms with Crippen molar-refractivity contribution in [2.75, 3.05) is 21.3 Å². The fourth-order valence-corrected chi connectivity index (χ4v) is 1.35. The molecule has 0 heterocycles. The Balaban J connectivity index is 3.26. The average Bonchev–Trinajstić information content (AvgIpc) is 2.43. The molecule has 0 aromatic heterocycles. The molecule has 0 atom stereocenters. The molecule has 0 spiro atoms. The van der Waals surface area contributed by atoms with Crippen LogP contribution in [0, 0.1) is 11.3 Å². The number of hydrogen-bond acceptors (Lipinski definition) is 5. The topological polar surface area (TPSA) is 68.6 Å². The molecule has 0 aliphatic rings. The predicted octanol–water partition coefficient (Wildman–Crippen LogP) is 1.78. The normalized spacial score (nSPS) is 10.4. The van der Waals surface area contributed by atoms with E-state index in [-0.39, 0.29) is 5.57 Å². The SMILES string of the molecule is COC(=O)/C(C#N)=C\c1cc(OC)ccc1OC. The van der Waals surface area contributed by atoms with Crippen molar-refractivity contribution in [3.63, 3.8) is 0 Å². The van der Waals surface area contributed by atoms with E-state index in [1.807, 2.05) is 0 Å². The van der Waals surface area contributed by atoms with E-state index < -0.39 is 5.97 Å². The molecule has 94 valence electrons. The fraction of sp³-hybridized carbons (Fsp3) is 0.231. The molecule has 0 aliphatic carbocycles. The summed E-state index contributed by atoms with van der Waals surface area (Å²) in [4.78, 5) is 11.3. The first-order valence-corrected chi connectivity index (χ1v) is 5.08. The molecule has 0 N–H and O–H groups in total. The van der Waals surface area contributed by atoms with Crippen molar-refractivity contribution in [1.29, 1.82) is 5.26 Å². The highest BCUT2D eigenvalue weighted by molar-refractivity contribution is 5.98. The molecule has 5 heteroatoms. The number of ether oxygens (including phenoxy) is 3. The van der Waals surface area contributed by atoms with Crippen molar-refractivity contribution in [1.82, 2.24) is 0 Å². The third kappa shape index (κ3) is 3.01. The smallest absolute Gasteiger partial charge is 0.348 e. The summed E-state index contributed by atoms with van der Waals surface area (Å²) in [5.74, 6) is 0.444. The van der Waals surface area contributed by atoms with Gasteiger partial charge in [0.25, 0.3) is 0 Å². The molecule has 18 heavy (non-hydrogen) atoms. The first kappa shape index (κ1) is 13.6. The molecule has 0 aliphatic heterocycles. The van der Waals surface area contributed by atoms with Gasteiger partial charge in [-0.3, -0.25) is 0 Å². The Bertz CT molecular complexity index is 514. The number of carbonyl (C=O) groups excluding carboxylic acids is 1. The first-order valence-electron chi connectivity index (χ1n) is 5.08. The van der Waals surface area contributed by atoms with Gasteiger partial charge in [0.15, 0.2) is 0 Å². The molecule has 1 aromatic carbocycles. The van der Waals surface area contributed by atoms with Gasteiger partial charge in [-0.1, -0.05) is 0 Å². The zero-order valence-corrected chi connectivity index (χ0v) is 10.4. The van der Waals surface area contributed by atoms with Crippen LogP contribution in [0.1, 0.15) is 5.56 Å². The van der Waals surface area contributed by atoms with Crippen LogP contribution in [0.25, 0.3) is 6.08 Å². The maximum absolute atomic E-state index is 11.3. The van der Waals surface area contributed by atoms with Crippen molar-refractivity contribution in [3.8, 4) is 17.6 Å². The van der Waals surface area contributed by atoms with Gasteiger partial charge in [0.2, 0.25) is 0 Å². The lowest BCUT2D eigenvalue weighted by molar-refractivity contribution is -0.135. The summed E-state index contributed by atoms with van der Waals surface area (Å²) in [7, 11) is 4.25. The highest BCUT2D eigenvalue weighted by atomic mass is 16.5. The molecule has 0 radical (unpaired) electrons. The summed E-state index contributed by atoms with van der Waals surface area (Å²) in [5.41, 5.74) is 0.461. The van der Waals surface area contributed by atoms with E-state index in [2.05, 4.69) is 4.74 Å². The zero-order valence-electron chi connectivity index (χ0n) is 10.4. The average molecular weight is 247 g/mol. The van der Waals surface area contributed by atoms with Gasteiger partial charge in [-0.2, -0.15) is 5.26 Å². The summed E-state index contributed by atoms with van der Waals surface area (Å²) in [6.45, 7) is 0. The number of nitriles is 1. The standard InChI is InChI=1S/C13H13NO4/c1-16-11-4-5-12(17-2)9(7-11)6-10(8-14)13(15)18-3/h4-7H,1-3H3/b10-6-. The van der Waals surface area contributed by atoms with Crippen LogP contribution in [0.15, 0.2) is 23.8 Å². The van der Waals surface area contributed by atoms with Crippen LogP contribution in [0.2, 0.25) is 0 Å². The first-order chi connectivity index (χ1) is 8.65. The van der Waals surface area contributed by atoms with E-state index in [9.17, 15) is 4.79 Å². The maximum Gasteiger partial charge on any atom is 0.348 e. The van der Waals surface area contributed by atoms with Crippen molar-refractivity contribution in [2.45, 2.75) is 0 Å². The largest absolute Gasteiger partial charge is 0.497 e. The second-order valence-corrected chi connectivity index (χ2v) is 3.27. The van der Waals surface area contributed by atoms with Gasteiger partial charge in [-0.15, -0.1) is 0 Å². The second kappa shape index (κ2) is 6.30. The third-order valence-electron chi connectivity index (χ3n) is 2.26.